The van der Waals surface area contributed by atoms with Crippen molar-refractivity contribution in [1.29, 1.82) is 0 Å². The van der Waals surface area contributed by atoms with Crippen molar-refractivity contribution in [2.75, 3.05) is 11.4 Å². The maximum Gasteiger partial charge on any atom is 0.573 e. The summed E-state index contributed by atoms with van der Waals surface area (Å²) in [6, 6.07) is 4.37. The van der Waals surface area contributed by atoms with Gasteiger partial charge in [0.05, 0.1) is 0 Å². The van der Waals surface area contributed by atoms with Gasteiger partial charge in [-0.25, -0.2) is 13.2 Å². The van der Waals surface area contributed by atoms with Gasteiger partial charge < -0.3 is 9.47 Å². The largest absolute Gasteiger partial charge is 0.573 e. The highest BCUT2D eigenvalue weighted by Crippen LogP contribution is 2.29. The van der Waals surface area contributed by atoms with Gasteiger partial charge in [-0.15, -0.1) is 13.2 Å². The summed E-state index contributed by atoms with van der Waals surface area (Å²) in [5.74, 6) is -7.59. The van der Waals surface area contributed by atoms with E-state index < -0.39 is 59.1 Å². The Balaban J connectivity index is 2.51. The number of anilines is 1. The van der Waals surface area contributed by atoms with E-state index in [-0.39, 0.29) is 17.8 Å². The highest BCUT2D eigenvalue weighted by Gasteiger charge is 2.32. The zero-order valence-electron chi connectivity index (χ0n) is 16.5. The average Bonchev–Trinajstić information content (AvgIpc) is 2.55. The maximum atomic E-state index is 14.1. The normalized spacial score (nSPS) is 11.8. The van der Waals surface area contributed by atoms with Crippen molar-refractivity contribution in [1.82, 2.24) is 0 Å². The van der Waals surface area contributed by atoms with Gasteiger partial charge in [0.2, 0.25) is 0 Å². The summed E-state index contributed by atoms with van der Waals surface area (Å²) in [4.78, 5) is 25.6. The van der Waals surface area contributed by atoms with Crippen molar-refractivity contribution in [3.63, 3.8) is 0 Å². The molecule has 5 nitrogen and oxygen atoms in total. The highest BCUT2D eigenvalue weighted by molar-refractivity contribution is 6.08. The number of benzene rings is 2. The number of ether oxygens (including phenoxy) is 2. The molecule has 0 aliphatic rings. The Morgan fingerprint density at radius 3 is 2.06 bits per heavy atom. The summed E-state index contributed by atoms with van der Waals surface area (Å²) in [7, 11) is 0. The minimum Gasteiger partial charge on any atom is -0.459 e. The van der Waals surface area contributed by atoms with Crippen molar-refractivity contribution in [2.24, 2.45) is 0 Å². The molecule has 0 fully saturated rings. The number of esters is 1. The lowest BCUT2D eigenvalue weighted by molar-refractivity contribution is -0.274. The van der Waals surface area contributed by atoms with Crippen LogP contribution in [-0.2, 0) is 9.53 Å². The molecule has 168 valence electrons. The van der Waals surface area contributed by atoms with Crippen molar-refractivity contribution in [3.05, 3.63) is 59.4 Å². The Bertz CT molecular complexity index is 961. The summed E-state index contributed by atoms with van der Waals surface area (Å²) < 4.78 is 87.9. The van der Waals surface area contributed by atoms with E-state index in [4.69, 9.17) is 4.74 Å². The predicted molar refractivity (Wildman–Crippen MR) is 97.0 cm³/mol. The molecule has 0 bridgehead atoms. The molecule has 0 N–H and O–H groups in total. The van der Waals surface area contributed by atoms with E-state index in [0.717, 1.165) is 24.3 Å². The first-order valence-corrected chi connectivity index (χ1v) is 8.70. The topological polar surface area (TPSA) is 55.8 Å². The second-order valence-electron chi connectivity index (χ2n) is 7.27. The molecule has 0 heterocycles. The van der Waals surface area contributed by atoms with Crippen LogP contribution in [-0.4, -0.2) is 30.4 Å². The second-order valence-corrected chi connectivity index (χ2v) is 7.27. The molecule has 0 saturated heterocycles. The number of rotatable bonds is 5. The van der Waals surface area contributed by atoms with Crippen LogP contribution >= 0.6 is 0 Å². The van der Waals surface area contributed by atoms with Crippen LogP contribution in [0.3, 0.4) is 0 Å². The number of hydrogen-bond donors (Lipinski definition) is 0. The molecule has 0 aliphatic carbocycles. The van der Waals surface area contributed by atoms with Crippen molar-refractivity contribution < 1.29 is 45.4 Å². The number of nitrogens with zero attached hydrogens (tertiary/aromatic N) is 1. The molecule has 0 saturated carbocycles. The maximum absolute atomic E-state index is 14.1. The van der Waals surface area contributed by atoms with Crippen LogP contribution < -0.4 is 9.64 Å². The first-order valence-electron chi connectivity index (χ1n) is 8.70. The second kappa shape index (κ2) is 8.86. The van der Waals surface area contributed by atoms with Crippen LogP contribution in [0.15, 0.2) is 36.4 Å². The van der Waals surface area contributed by atoms with E-state index in [1.807, 2.05) is 0 Å². The Labute approximate surface area is 173 Å². The number of halogens is 6. The smallest absolute Gasteiger partial charge is 0.459 e. The quantitative estimate of drug-likeness (QED) is 0.477. The van der Waals surface area contributed by atoms with E-state index in [0.29, 0.717) is 4.90 Å². The number of hydrogen-bond acceptors (Lipinski definition) is 4. The van der Waals surface area contributed by atoms with Gasteiger partial charge in [0.15, 0.2) is 0 Å². The zero-order chi connectivity index (χ0) is 23.6. The van der Waals surface area contributed by atoms with E-state index >= 15 is 0 Å². The monoisotopic (exact) mass is 449 g/mol. The Morgan fingerprint density at radius 2 is 1.55 bits per heavy atom. The third-order valence-corrected chi connectivity index (χ3v) is 3.54. The predicted octanol–water partition coefficient (Wildman–Crippen LogP) is 4.99. The lowest BCUT2D eigenvalue weighted by Crippen LogP contribution is -2.39. The zero-order valence-corrected chi connectivity index (χ0v) is 16.5. The van der Waals surface area contributed by atoms with Crippen LogP contribution in [0.4, 0.5) is 32.0 Å². The van der Waals surface area contributed by atoms with Crippen LogP contribution in [0.25, 0.3) is 0 Å². The molecule has 0 aromatic heterocycles. The van der Waals surface area contributed by atoms with Gasteiger partial charge in [-0.2, -0.15) is 0 Å². The fraction of sp³-hybridized carbons (Fsp3) is 0.300. The molecule has 0 aliphatic heterocycles. The van der Waals surface area contributed by atoms with E-state index in [1.165, 1.54) is 20.8 Å². The lowest BCUT2D eigenvalue weighted by atomic mass is 10.1. The van der Waals surface area contributed by atoms with Gasteiger partial charge in [-0.05, 0) is 32.9 Å². The third-order valence-electron chi connectivity index (χ3n) is 3.54. The number of carbonyl (C=O) groups excluding carboxylic acids is 2. The van der Waals surface area contributed by atoms with Crippen LogP contribution in [0.1, 0.15) is 31.1 Å². The molecule has 0 radical (unpaired) electrons. The molecule has 0 atom stereocenters. The summed E-state index contributed by atoms with van der Waals surface area (Å²) in [6.45, 7) is 3.67. The van der Waals surface area contributed by atoms with Gasteiger partial charge in [-0.1, -0.05) is 6.07 Å². The van der Waals surface area contributed by atoms with Gasteiger partial charge in [0.1, 0.15) is 40.9 Å². The first-order chi connectivity index (χ1) is 14.2. The lowest BCUT2D eigenvalue weighted by Gasteiger charge is -2.26. The van der Waals surface area contributed by atoms with Crippen LogP contribution in [0.2, 0.25) is 0 Å². The van der Waals surface area contributed by atoms with Gasteiger partial charge in [-0.3, -0.25) is 14.5 Å². The molecule has 0 unspecified atom stereocenters. The van der Waals surface area contributed by atoms with Crippen molar-refractivity contribution in [3.8, 4) is 5.75 Å². The molecular formula is C20H17F6NO4. The number of carbonyl (C=O) groups is 2. The SMILES string of the molecule is CC(C)(C)OC(=O)CN(C(=O)c1c(F)cc(F)cc1F)c1cccc(OC(F)(F)F)c1. The molecule has 2 aromatic carbocycles. The van der Waals surface area contributed by atoms with E-state index in [2.05, 4.69) is 4.74 Å². The van der Waals surface area contributed by atoms with E-state index in [9.17, 15) is 35.9 Å². The fourth-order valence-electron chi connectivity index (χ4n) is 2.51. The van der Waals surface area contributed by atoms with Crippen molar-refractivity contribution in [2.45, 2.75) is 32.7 Å². The minimum absolute atomic E-state index is 0.255. The number of amides is 1. The summed E-state index contributed by atoms with van der Waals surface area (Å²) in [5.41, 5.74) is -2.53. The highest BCUT2D eigenvalue weighted by atomic mass is 19.4. The Hall–Kier alpha value is -3.24. The third kappa shape index (κ3) is 6.90. The van der Waals surface area contributed by atoms with Crippen LogP contribution in [0, 0.1) is 17.5 Å². The molecule has 31 heavy (non-hydrogen) atoms. The standard InChI is InChI=1S/C20H17F6NO4/c1-19(2,3)31-16(28)10-27(12-5-4-6-13(9-12)30-20(24,25)26)18(29)17-14(22)7-11(21)8-15(17)23/h4-9H,10H2,1-3H3. The minimum atomic E-state index is -5.05. The molecule has 2 aromatic rings. The van der Waals surface area contributed by atoms with E-state index in [1.54, 1.807) is 0 Å². The molecule has 2 rings (SSSR count). The molecular weight excluding hydrogens is 432 g/mol. The first kappa shape index (κ1) is 24.0. The van der Waals surface area contributed by atoms with Gasteiger partial charge in [0, 0.05) is 23.9 Å². The average molecular weight is 449 g/mol. The van der Waals surface area contributed by atoms with Gasteiger partial charge >= 0.3 is 12.3 Å². The van der Waals surface area contributed by atoms with Crippen LogP contribution in [0.5, 0.6) is 5.75 Å². The Kier molecular flexibility index (Phi) is 6.87. The molecule has 0 spiro atoms. The van der Waals surface area contributed by atoms with Gasteiger partial charge in [0.25, 0.3) is 5.91 Å². The summed E-state index contributed by atoms with van der Waals surface area (Å²) in [5, 5.41) is 0. The Morgan fingerprint density at radius 1 is 0.968 bits per heavy atom. The number of alkyl halides is 3. The summed E-state index contributed by atoms with van der Waals surface area (Å²) in [6.07, 6.45) is -5.05. The summed E-state index contributed by atoms with van der Waals surface area (Å²) >= 11 is 0. The van der Waals surface area contributed by atoms with Crippen molar-refractivity contribution >= 4 is 17.6 Å². The molecule has 11 heteroatoms. The fourth-order valence-corrected chi connectivity index (χ4v) is 2.51. The molecule has 1 amide bonds.